The highest BCUT2D eigenvalue weighted by Gasteiger charge is 2.25. The molecule has 2 heteroatoms. The van der Waals surface area contributed by atoms with Crippen molar-refractivity contribution in [3.63, 3.8) is 0 Å². The van der Waals surface area contributed by atoms with Crippen LogP contribution in [0, 0.1) is 25.7 Å². The summed E-state index contributed by atoms with van der Waals surface area (Å²) in [5.74, 6) is 1.53. The third kappa shape index (κ3) is 3.83. The van der Waals surface area contributed by atoms with Gasteiger partial charge in [-0.2, -0.15) is 0 Å². The summed E-state index contributed by atoms with van der Waals surface area (Å²) in [6.45, 7) is 9.15. The van der Waals surface area contributed by atoms with E-state index in [4.69, 9.17) is 4.74 Å². The molecule has 0 aromatic heterocycles. The SMILES string of the molecule is Cc1ccc(C)c(C(O)COC2CCC(C)C(C)C2)c1. The van der Waals surface area contributed by atoms with Crippen LogP contribution in [0.5, 0.6) is 0 Å². The van der Waals surface area contributed by atoms with Gasteiger partial charge in [0.25, 0.3) is 0 Å². The average Bonchev–Trinajstić information content (AvgIpc) is 2.42. The van der Waals surface area contributed by atoms with Crippen LogP contribution in [-0.2, 0) is 4.74 Å². The molecule has 0 saturated heterocycles. The molecule has 20 heavy (non-hydrogen) atoms. The van der Waals surface area contributed by atoms with Gasteiger partial charge in [-0.25, -0.2) is 0 Å². The molecule has 112 valence electrons. The first-order valence-electron chi connectivity index (χ1n) is 7.84. The van der Waals surface area contributed by atoms with Crippen LogP contribution in [0.4, 0.5) is 0 Å². The van der Waals surface area contributed by atoms with Crippen molar-refractivity contribution in [2.75, 3.05) is 6.61 Å². The molecule has 0 spiro atoms. The van der Waals surface area contributed by atoms with Crippen LogP contribution in [-0.4, -0.2) is 17.8 Å². The fourth-order valence-electron chi connectivity index (χ4n) is 3.09. The third-order valence-corrected chi connectivity index (χ3v) is 4.83. The maximum Gasteiger partial charge on any atom is 0.103 e. The monoisotopic (exact) mass is 276 g/mol. The van der Waals surface area contributed by atoms with Crippen LogP contribution in [0.3, 0.4) is 0 Å². The Morgan fingerprint density at radius 1 is 1.20 bits per heavy atom. The Labute approximate surface area is 123 Å². The van der Waals surface area contributed by atoms with Crippen molar-refractivity contribution in [2.45, 2.75) is 59.2 Å². The molecule has 0 bridgehead atoms. The molecule has 1 saturated carbocycles. The molecule has 4 unspecified atom stereocenters. The third-order valence-electron chi connectivity index (χ3n) is 4.83. The molecule has 1 aliphatic carbocycles. The van der Waals surface area contributed by atoms with Gasteiger partial charge in [0, 0.05) is 0 Å². The van der Waals surface area contributed by atoms with Crippen LogP contribution >= 0.6 is 0 Å². The van der Waals surface area contributed by atoms with E-state index in [1.165, 1.54) is 12.0 Å². The molecule has 4 atom stereocenters. The lowest BCUT2D eigenvalue weighted by Crippen LogP contribution is -2.28. The Morgan fingerprint density at radius 2 is 1.95 bits per heavy atom. The van der Waals surface area contributed by atoms with E-state index >= 15 is 0 Å². The molecule has 0 aliphatic heterocycles. The number of hydrogen-bond acceptors (Lipinski definition) is 2. The standard InChI is InChI=1S/C18H28O2/c1-12-5-6-14(3)17(9-12)18(19)11-20-16-8-7-13(2)15(4)10-16/h5-6,9,13,15-16,18-19H,7-8,10-11H2,1-4H3. The highest BCUT2D eigenvalue weighted by molar-refractivity contribution is 5.32. The first-order chi connectivity index (χ1) is 9.47. The van der Waals surface area contributed by atoms with E-state index in [-0.39, 0.29) is 0 Å². The molecule has 0 radical (unpaired) electrons. The summed E-state index contributed by atoms with van der Waals surface area (Å²) < 4.78 is 5.96. The number of benzene rings is 1. The Kier molecular flexibility index (Phi) is 5.22. The van der Waals surface area contributed by atoms with Crippen LogP contribution in [0.25, 0.3) is 0 Å². The minimum absolute atomic E-state index is 0.320. The van der Waals surface area contributed by atoms with E-state index < -0.39 is 6.10 Å². The van der Waals surface area contributed by atoms with Crippen molar-refractivity contribution in [1.29, 1.82) is 0 Å². The van der Waals surface area contributed by atoms with Gasteiger partial charge in [0.1, 0.15) is 6.10 Å². The number of hydrogen-bond donors (Lipinski definition) is 1. The number of aryl methyl sites for hydroxylation is 2. The zero-order valence-corrected chi connectivity index (χ0v) is 13.2. The zero-order chi connectivity index (χ0) is 14.7. The highest BCUT2D eigenvalue weighted by atomic mass is 16.5. The van der Waals surface area contributed by atoms with Gasteiger partial charge in [-0.15, -0.1) is 0 Å². The van der Waals surface area contributed by atoms with Gasteiger partial charge >= 0.3 is 0 Å². The van der Waals surface area contributed by atoms with Crippen molar-refractivity contribution < 1.29 is 9.84 Å². The van der Waals surface area contributed by atoms with E-state index in [2.05, 4.69) is 39.0 Å². The second kappa shape index (κ2) is 6.73. The van der Waals surface area contributed by atoms with E-state index in [0.717, 1.165) is 35.8 Å². The lowest BCUT2D eigenvalue weighted by molar-refractivity contribution is -0.0398. The molecule has 0 heterocycles. The first-order valence-corrected chi connectivity index (χ1v) is 7.84. The normalized spacial score (nSPS) is 28.4. The van der Waals surface area contributed by atoms with E-state index in [1.54, 1.807) is 0 Å². The predicted molar refractivity (Wildman–Crippen MR) is 82.8 cm³/mol. The number of aliphatic hydroxyl groups excluding tert-OH is 1. The molecule has 1 aromatic rings. The Morgan fingerprint density at radius 3 is 2.65 bits per heavy atom. The van der Waals surface area contributed by atoms with Gasteiger partial charge in [0.05, 0.1) is 12.7 Å². The van der Waals surface area contributed by atoms with E-state index in [0.29, 0.717) is 12.7 Å². The zero-order valence-electron chi connectivity index (χ0n) is 13.2. The van der Waals surface area contributed by atoms with Gasteiger partial charge in [0.15, 0.2) is 0 Å². The van der Waals surface area contributed by atoms with Gasteiger partial charge in [-0.05, 0) is 56.1 Å². The van der Waals surface area contributed by atoms with Crippen molar-refractivity contribution in [3.8, 4) is 0 Å². The average molecular weight is 276 g/mol. The predicted octanol–water partition coefficient (Wildman–Crippen LogP) is 4.18. The topological polar surface area (TPSA) is 29.5 Å². The number of rotatable bonds is 4. The van der Waals surface area contributed by atoms with Gasteiger partial charge in [0.2, 0.25) is 0 Å². The minimum atomic E-state index is -0.510. The van der Waals surface area contributed by atoms with E-state index in [9.17, 15) is 5.11 Å². The fourth-order valence-corrected chi connectivity index (χ4v) is 3.09. The largest absolute Gasteiger partial charge is 0.386 e. The van der Waals surface area contributed by atoms with Gasteiger partial charge < -0.3 is 9.84 Å². The lowest BCUT2D eigenvalue weighted by atomic mass is 9.80. The molecule has 1 aromatic carbocycles. The second-order valence-electron chi connectivity index (χ2n) is 6.60. The fraction of sp³-hybridized carbons (Fsp3) is 0.667. The molecule has 2 nitrogen and oxygen atoms in total. The van der Waals surface area contributed by atoms with Crippen molar-refractivity contribution >= 4 is 0 Å². The minimum Gasteiger partial charge on any atom is -0.386 e. The summed E-state index contributed by atoms with van der Waals surface area (Å²) in [6, 6.07) is 6.21. The lowest BCUT2D eigenvalue weighted by Gasteiger charge is -2.32. The Balaban J connectivity index is 1.89. The maximum absolute atomic E-state index is 10.3. The van der Waals surface area contributed by atoms with Crippen molar-refractivity contribution in [3.05, 3.63) is 34.9 Å². The van der Waals surface area contributed by atoms with Crippen LogP contribution in [0.2, 0.25) is 0 Å². The summed E-state index contributed by atoms with van der Waals surface area (Å²) >= 11 is 0. The quantitative estimate of drug-likeness (QED) is 0.894. The maximum atomic E-state index is 10.3. The Hall–Kier alpha value is -0.860. The number of aliphatic hydroxyl groups is 1. The molecular formula is C18H28O2. The second-order valence-corrected chi connectivity index (χ2v) is 6.60. The molecule has 1 fully saturated rings. The first kappa shape index (κ1) is 15.5. The van der Waals surface area contributed by atoms with E-state index in [1.807, 2.05) is 6.92 Å². The smallest absolute Gasteiger partial charge is 0.103 e. The molecule has 2 rings (SSSR count). The molecular weight excluding hydrogens is 248 g/mol. The Bertz CT molecular complexity index is 441. The van der Waals surface area contributed by atoms with Gasteiger partial charge in [-0.1, -0.05) is 37.6 Å². The van der Waals surface area contributed by atoms with Gasteiger partial charge in [-0.3, -0.25) is 0 Å². The highest BCUT2D eigenvalue weighted by Crippen LogP contribution is 2.31. The van der Waals surface area contributed by atoms with Crippen LogP contribution in [0.15, 0.2) is 18.2 Å². The summed E-state index contributed by atoms with van der Waals surface area (Å²) in [4.78, 5) is 0. The van der Waals surface area contributed by atoms with Crippen LogP contribution < -0.4 is 0 Å². The van der Waals surface area contributed by atoms with Crippen molar-refractivity contribution in [2.24, 2.45) is 11.8 Å². The summed E-state index contributed by atoms with van der Waals surface area (Å²) in [5, 5.41) is 10.3. The summed E-state index contributed by atoms with van der Waals surface area (Å²) in [5.41, 5.74) is 3.32. The molecule has 0 amide bonds. The molecule has 1 N–H and O–H groups in total. The molecule has 1 aliphatic rings. The van der Waals surface area contributed by atoms with Crippen LogP contribution in [0.1, 0.15) is 55.9 Å². The summed E-state index contributed by atoms with van der Waals surface area (Å²) in [6.07, 6.45) is 3.31. The number of ether oxygens (including phenoxy) is 1. The van der Waals surface area contributed by atoms with Crippen molar-refractivity contribution in [1.82, 2.24) is 0 Å². The summed E-state index contributed by atoms with van der Waals surface area (Å²) in [7, 11) is 0.